The number of ether oxygens (including phenoxy) is 1. The van der Waals surface area contributed by atoms with Crippen LogP contribution in [-0.2, 0) is 35.3 Å². The molecular weight excluding hydrogens is 516 g/mol. The predicted molar refractivity (Wildman–Crippen MR) is 143 cm³/mol. The molecule has 1 aromatic carbocycles. The van der Waals surface area contributed by atoms with Crippen LogP contribution in [0.3, 0.4) is 0 Å². The zero-order chi connectivity index (χ0) is 28.5. The number of rotatable bonds is 11. The summed E-state index contributed by atoms with van der Waals surface area (Å²) >= 11 is 0. The number of amides is 5. The highest BCUT2D eigenvalue weighted by Crippen LogP contribution is 2.30. The second-order valence-corrected chi connectivity index (χ2v) is 10.9. The van der Waals surface area contributed by atoms with Crippen molar-refractivity contribution in [1.29, 1.82) is 0 Å². The van der Waals surface area contributed by atoms with Gasteiger partial charge < -0.3 is 25.5 Å². The van der Waals surface area contributed by atoms with Crippen molar-refractivity contribution in [2.75, 3.05) is 6.54 Å². The summed E-state index contributed by atoms with van der Waals surface area (Å²) < 4.78 is 5.25. The van der Waals surface area contributed by atoms with Crippen LogP contribution in [0.2, 0.25) is 0 Å². The zero-order valence-electron chi connectivity index (χ0n) is 22.6. The molecule has 11 heteroatoms. The minimum Gasteiger partial charge on any atom is -0.445 e. The highest BCUT2D eigenvalue weighted by atomic mass is 16.5. The standard InChI is InChI=1S/C29H38N4O7/c34-17-22(16-21-13-14-30-26(21)36)31-27(37)24(15-19-7-3-1-4-8-19)33-25(35)12-11-23(28(33)38)32-29(39)40-18-20-9-5-2-6-10-20/h2,5-6,9-10,17,19,21-24H,1,3-4,7-8,11-16,18H2,(H,30,36)(H,31,37)(H,32,39). The van der Waals surface area contributed by atoms with Gasteiger partial charge >= 0.3 is 6.09 Å². The van der Waals surface area contributed by atoms with Gasteiger partial charge in [0.05, 0.1) is 6.04 Å². The number of imide groups is 1. The third-order valence-corrected chi connectivity index (χ3v) is 8.04. The minimum atomic E-state index is -1.12. The highest BCUT2D eigenvalue weighted by molar-refractivity contribution is 6.05. The summed E-state index contributed by atoms with van der Waals surface area (Å²) in [5.74, 6) is -2.16. The summed E-state index contributed by atoms with van der Waals surface area (Å²) in [5.41, 5.74) is 0.786. The average Bonchev–Trinajstić information content (AvgIpc) is 3.37. The Morgan fingerprint density at radius 2 is 1.77 bits per heavy atom. The molecule has 4 atom stereocenters. The van der Waals surface area contributed by atoms with Crippen molar-refractivity contribution in [3.05, 3.63) is 35.9 Å². The van der Waals surface area contributed by atoms with E-state index in [0.717, 1.165) is 42.6 Å². The number of benzene rings is 1. The topological polar surface area (TPSA) is 151 Å². The molecule has 4 rings (SSSR count). The van der Waals surface area contributed by atoms with Crippen LogP contribution in [0.5, 0.6) is 0 Å². The first-order valence-corrected chi connectivity index (χ1v) is 14.2. The first-order chi connectivity index (χ1) is 19.4. The summed E-state index contributed by atoms with van der Waals surface area (Å²) in [7, 11) is 0. The van der Waals surface area contributed by atoms with Gasteiger partial charge in [0.15, 0.2) is 0 Å². The van der Waals surface area contributed by atoms with Crippen LogP contribution in [0.15, 0.2) is 30.3 Å². The molecule has 0 spiro atoms. The van der Waals surface area contributed by atoms with Gasteiger partial charge in [-0.25, -0.2) is 4.79 Å². The number of piperidine rings is 1. The van der Waals surface area contributed by atoms with Crippen LogP contribution in [0.1, 0.15) is 69.8 Å². The SMILES string of the molecule is O=CC(CC1CCNC1=O)NC(=O)C(CC1CCCCC1)N1C(=O)CCC(NC(=O)OCc2ccccc2)C1=O. The smallest absolute Gasteiger partial charge is 0.408 e. The van der Waals surface area contributed by atoms with Gasteiger partial charge in [-0.15, -0.1) is 0 Å². The van der Waals surface area contributed by atoms with Crippen molar-refractivity contribution in [2.24, 2.45) is 11.8 Å². The molecule has 2 heterocycles. The number of nitrogens with one attached hydrogen (secondary N) is 3. The molecule has 2 saturated heterocycles. The summed E-state index contributed by atoms with van der Waals surface area (Å²) in [4.78, 5) is 77.5. The lowest BCUT2D eigenvalue weighted by atomic mass is 9.83. The normalized spacial score (nSPS) is 23.2. The van der Waals surface area contributed by atoms with E-state index in [0.29, 0.717) is 19.3 Å². The van der Waals surface area contributed by atoms with Crippen LogP contribution < -0.4 is 16.0 Å². The Labute approximate surface area is 233 Å². The fourth-order valence-electron chi connectivity index (χ4n) is 5.84. The van der Waals surface area contributed by atoms with Gasteiger partial charge in [0.2, 0.25) is 17.7 Å². The van der Waals surface area contributed by atoms with E-state index in [1.165, 1.54) is 0 Å². The molecule has 0 aromatic heterocycles. The van der Waals surface area contributed by atoms with Crippen molar-refractivity contribution < 1.29 is 33.5 Å². The summed E-state index contributed by atoms with van der Waals surface area (Å²) in [6.07, 6.45) is 5.75. The molecule has 3 fully saturated rings. The number of carbonyl (C=O) groups is 6. The molecule has 1 saturated carbocycles. The maximum absolute atomic E-state index is 13.6. The molecule has 0 radical (unpaired) electrons. The number of nitrogens with zero attached hydrogens (tertiary/aromatic N) is 1. The van der Waals surface area contributed by atoms with Gasteiger partial charge in [-0.3, -0.25) is 24.1 Å². The number of aldehydes is 1. The molecule has 40 heavy (non-hydrogen) atoms. The summed E-state index contributed by atoms with van der Waals surface area (Å²) in [6, 6.07) is 6.03. The number of carbonyl (C=O) groups excluding carboxylic acids is 6. The van der Waals surface area contributed by atoms with E-state index in [2.05, 4.69) is 16.0 Å². The van der Waals surface area contributed by atoms with Crippen molar-refractivity contribution in [2.45, 2.75) is 88.9 Å². The summed E-state index contributed by atoms with van der Waals surface area (Å²) in [6.45, 7) is 0.543. The van der Waals surface area contributed by atoms with E-state index in [1.807, 2.05) is 18.2 Å². The van der Waals surface area contributed by atoms with Gasteiger partial charge in [-0.05, 0) is 37.2 Å². The molecule has 11 nitrogen and oxygen atoms in total. The molecule has 3 aliphatic rings. The monoisotopic (exact) mass is 554 g/mol. The Balaban J connectivity index is 1.45. The van der Waals surface area contributed by atoms with Crippen LogP contribution >= 0.6 is 0 Å². The van der Waals surface area contributed by atoms with Crippen molar-refractivity contribution >= 4 is 36.0 Å². The van der Waals surface area contributed by atoms with Gasteiger partial charge in [0.25, 0.3) is 5.91 Å². The molecule has 3 N–H and O–H groups in total. The summed E-state index contributed by atoms with van der Waals surface area (Å²) in [5, 5.41) is 7.97. The first-order valence-electron chi connectivity index (χ1n) is 14.2. The molecule has 2 aliphatic heterocycles. The fourth-order valence-corrected chi connectivity index (χ4v) is 5.84. The Morgan fingerprint density at radius 3 is 2.45 bits per heavy atom. The predicted octanol–water partition coefficient (Wildman–Crippen LogP) is 1.98. The molecule has 1 aromatic rings. The second kappa shape index (κ2) is 14.0. The van der Waals surface area contributed by atoms with Gasteiger partial charge in [-0.2, -0.15) is 0 Å². The largest absolute Gasteiger partial charge is 0.445 e. The maximum atomic E-state index is 13.6. The molecule has 1 aliphatic carbocycles. The van der Waals surface area contributed by atoms with Crippen LogP contribution in [0.25, 0.3) is 0 Å². The quantitative estimate of drug-likeness (QED) is 0.279. The van der Waals surface area contributed by atoms with E-state index in [-0.39, 0.29) is 50.0 Å². The van der Waals surface area contributed by atoms with Crippen LogP contribution in [0.4, 0.5) is 4.79 Å². The zero-order valence-corrected chi connectivity index (χ0v) is 22.6. The Morgan fingerprint density at radius 1 is 1.02 bits per heavy atom. The fraction of sp³-hybridized carbons (Fsp3) is 0.586. The molecule has 216 valence electrons. The Hall–Kier alpha value is -3.76. The van der Waals surface area contributed by atoms with Gasteiger partial charge in [-0.1, -0.05) is 62.4 Å². The van der Waals surface area contributed by atoms with Crippen LogP contribution in [-0.4, -0.2) is 65.6 Å². The molecule has 4 unspecified atom stereocenters. The lowest BCUT2D eigenvalue weighted by Crippen LogP contribution is -2.61. The Bertz CT molecular complexity index is 1090. The van der Waals surface area contributed by atoms with Crippen molar-refractivity contribution in [3.8, 4) is 0 Å². The lowest BCUT2D eigenvalue weighted by molar-refractivity contribution is -0.157. The van der Waals surface area contributed by atoms with Gasteiger partial charge in [0, 0.05) is 18.9 Å². The van der Waals surface area contributed by atoms with E-state index in [9.17, 15) is 28.8 Å². The van der Waals surface area contributed by atoms with E-state index < -0.39 is 41.9 Å². The Kier molecular flexibility index (Phi) is 10.3. The second-order valence-electron chi connectivity index (χ2n) is 10.9. The third kappa shape index (κ3) is 7.67. The molecular formula is C29H38N4O7. The maximum Gasteiger partial charge on any atom is 0.408 e. The number of hydrogen-bond donors (Lipinski definition) is 3. The molecule has 5 amide bonds. The number of likely N-dealkylation sites (tertiary alicyclic amines) is 1. The molecule has 0 bridgehead atoms. The lowest BCUT2D eigenvalue weighted by Gasteiger charge is -2.38. The number of alkyl carbamates (subject to hydrolysis) is 1. The number of hydrogen-bond acceptors (Lipinski definition) is 7. The van der Waals surface area contributed by atoms with E-state index >= 15 is 0 Å². The van der Waals surface area contributed by atoms with Crippen molar-refractivity contribution in [3.63, 3.8) is 0 Å². The van der Waals surface area contributed by atoms with Gasteiger partial charge in [0.1, 0.15) is 25.0 Å². The minimum absolute atomic E-state index is 0.0229. The van der Waals surface area contributed by atoms with Crippen LogP contribution in [0, 0.1) is 11.8 Å². The van der Waals surface area contributed by atoms with E-state index in [4.69, 9.17) is 4.74 Å². The van der Waals surface area contributed by atoms with E-state index in [1.54, 1.807) is 12.1 Å². The highest BCUT2D eigenvalue weighted by Gasteiger charge is 2.43. The van der Waals surface area contributed by atoms with Crippen molar-refractivity contribution in [1.82, 2.24) is 20.9 Å². The average molecular weight is 555 g/mol. The first kappa shape index (κ1) is 29.2. The third-order valence-electron chi connectivity index (χ3n) is 8.04.